The van der Waals surface area contributed by atoms with Crippen LogP contribution in [0.1, 0.15) is 0 Å². The summed E-state index contributed by atoms with van der Waals surface area (Å²) in [5.74, 6) is 1.65. The smallest absolute Gasteiger partial charge is 0.336 e. The highest BCUT2D eigenvalue weighted by molar-refractivity contribution is 5.85. The summed E-state index contributed by atoms with van der Waals surface area (Å²) in [5.41, 5.74) is 0.868. The van der Waals surface area contributed by atoms with E-state index in [9.17, 15) is 5.21 Å². The minimum atomic E-state index is -0.179. The number of benzene rings is 1. The van der Waals surface area contributed by atoms with E-state index in [2.05, 4.69) is 9.97 Å². The molecule has 0 bridgehead atoms. The Morgan fingerprint density at radius 1 is 1.32 bits per heavy atom. The summed E-state index contributed by atoms with van der Waals surface area (Å²) in [6, 6.07) is 5.67. The van der Waals surface area contributed by atoms with Crippen LogP contribution in [0.25, 0.3) is 16.7 Å². The molecule has 0 fully saturated rings. The number of quaternary nitrogens is 1. The van der Waals surface area contributed by atoms with E-state index in [-0.39, 0.29) is 5.17 Å². The summed E-state index contributed by atoms with van der Waals surface area (Å²) in [7, 11) is 1.61. The fourth-order valence-corrected chi connectivity index (χ4v) is 2.43. The molecule has 3 aromatic rings. The molecule has 0 radical (unpaired) electrons. The first-order valence-electron chi connectivity index (χ1n) is 5.78. The maximum absolute atomic E-state index is 12.3. The molecule has 0 saturated heterocycles. The van der Waals surface area contributed by atoms with Crippen LogP contribution in [-0.4, -0.2) is 21.8 Å². The Morgan fingerprint density at radius 2 is 2.16 bits per heavy atom. The van der Waals surface area contributed by atoms with Gasteiger partial charge in [0.2, 0.25) is 0 Å². The average molecular weight is 256 g/mol. The largest absolute Gasteiger partial charge is 0.567 e. The van der Waals surface area contributed by atoms with E-state index in [0.29, 0.717) is 11.6 Å². The Bertz CT molecular complexity index is 798. The lowest BCUT2D eigenvalue weighted by Gasteiger charge is -2.02. The van der Waals surface area contributed by atoms with Crippen molar-refractivity contribution in [2.24, 2.45) is 0 Å². The van der Waals surface area contributed by atoms with E-state index >= 15 is 0 Å². The van der Waals surface area contributed by atoms with Crippen LogP contribution in [0.3, 0.4) is 0 Å². The molecule has 1 aliphatic rings. The van der Waals surface area contributed by atoms with Gasteiger partial charge in [0.15, 0.2) is 0 Å². The first-order chi connectivity index (χ1) is 9.31. The van der Waals surface area contributed by atoms with Gasteiger partial charge in [-0.3, -0.25) is 0 Å². The van der Waals surface area contributed by atoms with Crippen molar-refractivity contribution < 1.29 is 14.7 Å². The Hall–Kier alpha value is -2.51. The lowest BCUT2D eigenvalue weighted by atomic mass is 10.2. The van der Waals surface area contributed by atoms with Crippen molar-refractivity contribution in [1.29, 1.82) is 0 Å². The molecule has 19 heavy (non-hydrogen) atoms. The number of fused-ring (bicyclic) bond motifs is 5. The maximum Gasteiger partial charge on any atom is 0.336 e. The van der Waals surface area contributed by atoms with Crippen molar-refractivity contribution >= 4 is 16.7 Å². The second-order valence-electron chi connectivity index (χ2n) is 4.21. The summed E-state index contributed by atoms with van der Waals surface area (Å²) in [6.45, 7) is 0. The molecule has 1 unspecified atom stereocenters. The molecule has 1 aromatic carbocycles. The van der Waals surface area contributed by atoms with Gasteiger partial charge in [-0.25, -0.2) is 4.98 Å². The molecule has 94 valence electrons. The third-order valence-corrected chi connectivity index (χ3v) is 3.25. The molecule has 7 heteroatoms. The van der Waals surface area contributed by atoms with Gasteiger partial charge in [-0.15, -0.1) is 0 Å². The third kappa shape index (κ3) is 1.20. The van der Waals surface area contributed by atoms with Crippen molar-refractivity contribution in [3.63, 3.8) is 0 Å². The third-order valence-electron chi connectivity index (χ3n) is 3.25. The van der Waals surface area contributed by atoms with Crippen LogP contribution in [0, 0.1) is 5.21 Å². The molecular weight excluding hydrogens is 246 g/mol. The van der Waals surface area contributed by atoms with E-state index in [1.807, 2.05) is 18.2 Å². The number of ether oxygens (including phenoxy) is 1. The predicted molar refractivity (Wildman–Crippen MR) is 65.0 cm³/mol. The van der Waals surface area contributed by atoms with Gasteiger partial charge in [-0.1, -0.05) is 11.2 Å². The molecule has 4 rings (SSSR count). The van der Waals surface area contributed by atoms with E-state index in [0.717, 1.165) is 16.7 Å². The SMILES string of the molecule is COc1cccc2c1c[n+]1n2-c2nccnc2[NH+]1[O-]. The molecule has 1 N–H and O–H groups in total. The van der Waals surface area contributed by atoms with Gasteiger partial charge < -0.3 is 9.94 Å². The van der Waals surface area contributed by atoms with Crippen molar-refractivity contribution in [1.82, 2.24) is 14.6 Å². The second kappa shape index (κ2) is 3.50. The zero-order valence-electron chi connectivity index (χ0n) is 10.1. The number of nitrogens with one attached hydrogen (secondary N) is 1. The zero-order valence-corrected chi connectivity index (χ0v) is 10.1. The quantitative estimate of drug-likeness (QED) is 0.471. The lowest BCUT2D eigenvalue weighted by Crippen LogP contribution is -3.18. The van der Waals surface area contributed by atoms with Gasteiger partial charge in [0.05, 0.1) is 18.1 Å². The average Bonchev–Trinajstić information content (AvgIpc) is 2.96. The van der Waals surface area contributed by atoms with Crippen molar-refractivity contribution in [2.45, 2.75) is 0 Å². The fourth-order valence-electron chi connectivity index (χ4n) is 2.43. The van der Waals surface area contributed by atoms with Crippen LogP contribution in [0.15, 0.2) is 36.8 Å². The first kappa shape index (κ1) is 10.4. The number of nitrogens with zero attached hydrogens (tertiary/aromatic N) is 4. The molecule has 0 aliphatic carbocycles. The number of aromatic nitrogens is 4. The monoisotopic (exact) mass is 256 g/mol. The highest BCUT2D eigenvalue weighted by atomic mass is 16.6. The van der Waals surface area contributed by atoms with Gasteiger partial charge in [0.25, 0.3) is 12.0 Å². The molecule has 0 amide bonds. The summed E-state index contributed by atoms with van der Waals surface area (Å²) in [4.78, 5) is 9.85. The summed E-state index contributed by atoms with van der Waals surface area (Å²) >= 11 is 0. The molecular formula is C12H10N5O2+. The van der Waals surface area contributed by atoms with E-state index in [4.69, 9.17) is 4.74 Å². The first-order valence-corrected chi connectivity index (χ1v) is 5.78. The Kier molecular flexibility index (Phi) is 1.92. The molecule has 0 saturated carbocycles. The Labute approximate surface area is 107 Å². The van der Waals surface area contributed by atoms with Crippen LogP contribution in [0.4, 0.5) is 5.82 Å². The number of hydrogen-bond donors (Lipinski definition) is 1. The van der Waals surface area contributed by atoms with Crippen molar-refractivity contribution in [3.05, 3.63) is 42.0 Å². The molecule has 3 heterocycles. The van der Waals surface area contributed by atoms with Gasteiger partial charge in [-0.2, -0.15) is 4.98 Å². The molecule has 2 aromatic heterocycles. The normalized spacial score (nSPS) is 16.4. The Balaban J connectivity index is 2.13. The van der Waals surface area contributed by atoms with Crippen LogP contribution in [0.2, 0.25) is 0 Å². The molecule has 1 atom stereocenters. The summed E-state index contributed by atoms with van der Waals surface area (Å²) < 4.78 is 7.07. The van der Waals surface area contributed by atoms with E-state index in [1.165, 1.54) is 11.0 Å². The number of hydrogen-bond acceptors (Lipinski definition) is 4. The minimum absolute atomic E-state index is 0.179. The second-order valence-corrected chi connectivity index (χ2v) is 4.21. The van der Waals surface area contributed by atoms with Crippen LogP contribution >= 0.6 is 0 Å². The van der Waals surface area contributed by atoms with Gasteiger partial charge in [-0.05, 0) is 16.8 Å². The highest BCUT2D eigenvalue weighted by Gasteiger charge is 2.39. The summed E-state index contributed by atoms with van der Waals surface area (Å²) in [5, 5.41) is 12.9. The van der Waals surface area contributed by atoms with Gasteiger partial charge >= 0.3 is 5.82 Å². The van der Waals surface area contributed by atoms with Crippen LogP contribution in [0.5, 0.6) is 5.75 Å². The Morgan fingerprint density at radius 3 is 3.00 bits per heavy atom. The van der Waals surface area contributed by atoms with Gasteiger partial charge in [0, 0.05) is 6.20 Å². The molecule has 0 spiro atoms. The van der Waals surface area contributed by atoms with Crippen LogP contribution in [-0.2, 0) is 0 Å². The molecule has 7 nitrogen and oxygen atoms in total. The molecule has 1 aliphatic heterocycles. The standard InChI is InChI=1S/C12H10N5O2/c1-19-10-4-2-3-9-8(10)7-15-16(9)11-12(17(15)18)14-6-5-13-11/h2-7,17H,1H3/q+1. The summed E-state index contributed by atoms with van der Waals surface area (Å²) in [6.07, 6.45) is 4.85. The highest BCUT2D eigenvalue weighted by Crippen LogP contribution is 2.27. The lowest BCUT2D eigenvalue weighted by molar-refractivity contribution is -1.37. The van der Waals surface area contributed by atoms with E-state index in [1.54, 1.807) is 24.2 Å². The van der Waals surface area contributed by atoms with Gasteiger partial charge in [0.1, 0.15) is 16.7 Å². The number of rotatable bonds is 1. The maximum atomic E-state index is 12.3. The van der Waals surface area contributed by atoms with Crippen molar-refractivity contribution in [2.75, 3.05) is 7.11 Å². The van der Waals surface area contributed by atoms with Crippen LogP contribution < -0.4 is 14.7 Å². The fraction of sp³-hybridized carbons (Fsp3) is 0.0833. The topological polar surface area (TPSA) is 71.3 Å². The zero-order chi connectivity index (χ0) is 13.0. The van der Waals surface area contributed by atoms with Crippen molar-refractivity contribution in [3.8, 4) is 11.6 Å². The number of methoxy groups -OCH3 is 1. The van der Waals surface area contributed by atoms with E-state index < -0.39 is 0 Å². The predicted octanol–water partition coefficient (Wildman–Crippen LogP) is -0.493. The minimum Gasteiger partial charge on any atom is -0.567 e.